The van der Waals surface area contributed by atoms with Crippen molar-refractivity contribution in [1.29, 1.82) is 0 Å². The first kappa shape index (κ1) is 19.7. The maximum absolute atomic E-state index is 11.8. The topological polar surface area (TPSA) is 44.4 Å². The van der Waals surface area contributed by atoms with Gasteiger partial charge in [0.05, 0.1) is 0 Å². The van der Waals surface area contributed by atoms with Crippen LogP contribution in [-0.4, -0.2) is 29.9 Å². The molecule has 1 aliphatic heterocycles. The quantitative estimate of drug-likeness (QED) is 0.536. The first-order valence-corrected chi connectivity index (χ1v) is 10.8. The lowest BCUT2D eigenvalue weighted by Crippen LogP contribution is -2.30. The van der Waals surface area contributed by atoms with E-state index in [1.54, 1.807) is 0 Å². The molecule has 1 heterocycles. The molecule has 6 heteroatoms. The van der Waals surface area contributed by atoms with Crippen LogP contribution < -0.4 is 15.5 Å². The van der Waals surface area contributed by atoms with Crippen molar-refractivity contribution in [2.75, 3.05) is 29.1 Å². The zero-order chi connectivity index (χ0) is 19.1. The molecule has 1 fully saturated rings. The van der Waals surface area contributed by atoms with Crippen LogP contribution in [-0.2, 0) is 10.5 Å². The molecule has 0 aromatic heterocycles. The monoisotopic (exact) mass is 399 g/mol. The second-order valence-electron chi connectivity index (χ2n) is 6.62. The lowest BCUT2D eigenvalue weighted by molar-refractivity contribution is -0.117. The third kappa shape index (κ3) is 5.97. The third-order valence-electron chi connectivity index (χ3n) is 4.39. The fourth-order valence-corrected chi connectivity index (χ4v) is 4.08. The Hall–Kier alpha value is -2.05. The van der Waals surface area contributed by atoms with Gasteiger partial charge < -0.3 is 15.5 Å². The Balaban J connectivity index is 1.36. The van der Waals surface area contributed by atoms with Gasteiger partial charge in [0.2, 0.25) is 5.91 Å². The molecular weight excluding hydrogens is 374 g/mol. The van der Waals surface area contributed by atoms with Crippen molar-refractivity contribution in [3.8, 4) is 0 Å². The van der Waals surface area contributed by atoms with Crippen molar-refractivity contribution in [2.24, 2.45) is 0 Å². The van der Waals surface area contributed by atoms with Crippen LogP contribution in [0.15, 0.2) is 48.5 Å². The second kappa shape index (κ2) is 9.76. The first-order valence-electron chi connectivity index (χ1n) is 9.20. The summed E-state index contributed by atoms with van der Waals surface area (Å²) in [5.41, 5.74) is 4.54. The van der Waals surface area contributed by atoms with E-state index in [4.69, 9.17) is 12.2 Å². The molecule has 2 aromatic rings. The smallest absolute Gasteiger partial charge is 0.227 e. The molecule has 3 rings (SSSR count). The summed E-state index contributed by atoms with van der Waals surface area (Å²) in [5.74, 6) is 2.21. The minimum atomic E-state index is 0.205. The molecule has 2 N–H and O–H groups in total. The van der Waals surface area contributed by atoms with E-state index < -0.39 is 0 Å². The van der Waals surface area contributed by atoms with Crippen molar-refractivity contribution in [3.63, 3.8) is 0 Å². The number of anilines is 2. The van der Waals surface area contributed by atoms with E-state index in [0.29, 0.717) is 11.5 Å². The molecule has 1 saturated heterocycles. The summed E-state index contributed by atoms with van der Waals surface area (Å²) in [6.07, 6.45) is 1.59. The Morgan fingerprint density at radius 2 is 2.04 bits per heavy atom. The van der Waals surface area contributed by atoms with Gasteiger partial charge in [0.15, 0.2) is 5.11 Å². The van der Waals surface area contributed by atoms with Crippen LogP contribution in [0, 0.1) is 6.92 Å². The van der Waals surface area contributed by atoms with E-state index in [-0.39, 0.29) is 5.91 Å². The fraction of sp³-hybridized carbons (Fsp3) is 0.333. The van der Waals surface area contributed by atoms with Gasteiger partial charge >= 0.3 is 0 Å². The average molecular weight is 400 g/mol. The highest BCUT2D eigenvalue weighted by atomic mass is 32.2. The number of nitrogens with zero attached hydrogens (tertiary/aromatic N) is 1. The minimum absolute atomic E-state index is 0.205. The molecule has 1 aliphatic rings. The average Bonchev–Trinajstić information content (AvgIpc) is 3.08. The summed E-state index contributed by atoms with van der Waals surface area (Å²) in [7, 11) is 0. The van der Waals surface area contributed by atoms with Crippen LogP contribution in [0.2, 0.25) is 0 Å². The first-order chi connectivity index (χ1) is 13.1. The normalized spacial score (nSPS) is 13.7. The van der Waals surface area contributed by atoms with Crippen LogP contribution >= 0.6 is 24.0 Å². The standard InChI is InChI=1S/C21H25N3OS2/c1-16-4-2-5-17(14-16)15-27-13-11-22-21(26)23-18-7-9-19(10-8-18)24-12-3-6-20(24)25/h2,4-5,7-10,14H,3,6,11-13,15H2,1H3,(H2,22,23,26). The van der Waals surface area contributed by atoms with Crippen LogP contribution in [0.5, 0.6) is 0 Å². The van der Waals surface area contributed by atoms with Crippen LogP contribution in [0.4, 0.5) is 11.4 Å². The molecule has 4 nitrogen and oxygen atoms in total. The summed E-state index contributed by atoms with van der Waals surface area (Å²) in [6.45, 7) is 3.75. The molecular formula is C21H25N3OS2. The number of nitrogens with one attached hydrogen (secondary N) is 2. The highest BCUT2D eigenvalue weighted by Gasteiger charge is 2.21. The lowest BCUT2D eigenvalue weighted by Gasteiger charge is -2.16. The van der Waals surface area contributed by atoms with Crippen molar-refractivity contribution in [1.82, 2.24) is 5.32 Å². The zero-order valence-corrected chi connectivity index (χ0v) is 17.2. The molecule has 142 valence electrons. The van der Waals surface area contributed by atoms with E-state index in [9.17, 15) is 4.79 Å². The van der Waals surface area contributed by atoms with Gasteiger partial charge in [0.25, 0.3) is 0 Å². The molecule has 2 aromatic carbocycles. The van der Waals surface area contributed by atoms with Gasteiger partial charge in [-0.3, -0.25) is 4.79 Å². The number of carbonyl (C=O) groups is 1. The van der Waals surface area contributed by atoms with Gasteiger partial charge in [-0.15, -0.1) is 0 Å². The van der Waals surface area contributed by atoms with Gasteiger partial charge in [-0.25, -0.2) is 0 Å². The predicted octanol–water partition coefficient (Wildman–Crippen LogP) is 4.34. The summed E-state index contributed by atoms with van der Waals surface area (Å²) in [5, 5.41) is 7.06. The maximum Gasteiger partial charge on any atom is 0.227 e. The molecule has 0 bridgehead atoms. The lowest BCUT2D eigenvalue weighted by atomic mass is 10.2. The van der Waals surface area contributed by atoms with Crippen molar-refractivity contribution in [2.45, 2.75) is 25.5 Å². The van der Waals surface area contributed by atoms with E-state index in [1.807, 2.05) is 40.9 Å². The maximum atomic E-state index is 11.8. The number of hydrogen-bond donors (Lipinski definition) is 2. The Labute approximate surface area is 170 Å². The third-order valence-corrected chi connectivity index (χ3v) is 5.67. The van der Waals surface area contributed by atoms with E-state index in [2.05, 4.69) is 41.8 Å². The summed E-state index contributed by atoms with van der Waals surface area (Å²) in [6, 6.07) is 16.5. The fourth-order valence-electron chi connectivity index (χ4n) is 3.05. The van der Waals surface area contributed by atoms with E-state index in [0.717, 1.165) is 42.4 Å². The molecule has 0 atom stereocenters. The predicted molar refractivity (Wildman–Crippen MR) is 120 cm³/mol. The number of rotatable bonds is 7. The van der Waals surface area contributed by atoms with E-state index in [1.165, 1.54) is 11.1 Å². The SMILES string of the molecule is Cc1cccc(CSCCNC(=S)Nc2ccc(N3CCCC3=O)cc2)c1. The number of hydrogen-bond acceptors (Lipinski definition) is 3. The zero-order valence-electron chi connectivity index (χ0n) is 15.5. The van der Waals surface area contributed by atoms with Gasteiger partial charge in [0, 0.05) is 42.4 Å². The molecule has 0 radical (unpaired) electrons. The van der Waals surface area contributed by atoms with Gasteiger partial charge in [-0.1, -0.05) is 29.8 Å². The number of thiocarbonyl (C=S) groups is 1. The molecule has 0 aliphatic carbocycles. The summed E-state index contributed by atoms with van der Waals surface area (Å²) in [4.78, 5) is 13.6. The van der Waals surface area contributed by atoms with Crippen molar-refractivity contribution >= 4 is 46.4 Å². The summed E-state index contributed by atoms with van der Waals surface area (Å²) < 4.78 is 0. The highest BCUT2D eigenvalue weighted by Crippen LogP contribution is 2.23. The van der Waals surface area contributed by atoms with Gasteiger partial charge in [0.1, 0.15) is 0 Å². The van der Waals surface area contributed by atoms with Gasteiger partial charge in [-0.05, 0) is 55.4 Å². The Morgan fingerprint density at radius 1 is 1.22 bits per heavy atom. The Morgan fingerprint density at radius 3 is 2.74 bits per heavy atom. The Kier molecular flexibility index (Phi) is 7.12. The minimum Gasteiger partial charge on any atom is -0.362 e. The molecule has 0 spiro atoms. The second-order valence-corrected chi connectivity index (χ2v) is 8.13. The number of aryl methyl sites for hydroxylation is 1. The number of carbonyl (C=O) groups excluding carboxylic acids is 1. The van der Waals surface area contributed by atoms with Crippen LogP contribution in [0.3, 0.4) is 0 Å². The number of thioether (sulfide) groups is 1. The van der Waals surface area contributed by atoms with Crippen LogP contribution in [0.25, 0.3) is 0 Å². The van der Waals surface area contributed by atoms with E-state index >= 15 is 0 Å². The Bertz CT molecular complexity index is 792. The molecule has 27 heavy (non-hydrogen) atoms. The highest BCUT2D eigenvalue weighted by molar-refractivity contribution is 7.98. The molecule has 1 amide bonds. The van der Waals surface area contributed by atoms with Crippen molar-refractivity contribution in [3.05, 3.63) is 59.7 Å². The molecule has 0 unspecified atom stereocenters. The van der Waals surface area contributed by atoms with Crippen LogP contribution in [0.1, 0.15) is 24.0 Å². The summed E-state index contributed by atoms with van der Waals surface area (Å²) >= 11 is 7.25. The number of benzene rings is 2. The molecule has 0 saturated carbocycles. The van der Waals surface area contributed by atoms with Gasteiger partial charge in [-0.2, -0.15) is 11.8 Å². The number of amides is 1. The largest absolute Gasteiger partial charge is 0.362 e. The van der Waals surface area contributed by atoms with Crippen molar-refractivity contribution < 1.29 is 4.79 Å².